The SMILES string of the molecule is CCCOC1C(Br)CC1Oc1cc(Br)ccc1F. The van der Waals surface area contributed by atoms with Crippen molar-refractivity contribution < 1.29 is 13.9 Å². The van der Waals surface area contributed by atoms with Crippen molar-refractivity contribution in [3.05, 3.63) is 28.5 Å². The zero-order valence-electron chi connectivity index (χ0n) is 10.0. The molecular formula is C13H15Br2FO2. The Bertz CT molecular complexity index is 414. The number of hydrogen-bond donors (Lipinski definition) is 0. The Kier molecular flexibility index (Phi) is 5.04. The minimum absolute atomic E-state index is 0.00308. The molecule has 0 heterocycles. The number of alkyl halides is 1. The molecule has 1 aliphatic rings. The summed E-state index contributed by atoms with van der Waals surface area (Å²) in [5.74, 6) is -0.0654. The molecule has 1 saturated carbocycles. The summed E-state index contributed by atoms with van der Waals surface area (Å²) in [4.78, 5) is 0.296. The third-order valence-electron chi connectivity index (χ3n) is 2.87. The lowest BCUT2D eigenvalue weighted by molar-refractivity contribution is -0.0772. The largest absolute Gasteiger partial charge is 0.485 e. The predicted molar refractivity (Wildman–Crippen MR) is 75.9 cm³/mol. The van der Waals surface area contributed by atoms with Gasteiger partial charge in [0.1, 0.15) is 12.2 Å². The smallest absolute Gasteiger partial charge is 0.165 e. The highest BCUT2D eigenvalue weighted by molar-refractivity contribution is 9.10. The van der Waals surface area contributed by atoms with Gasteiger partial charge in [0.05, 0.1) is 0 Å². The van der Waals surface area contributed by atoms with Crippen LogP contribution < -0.4 is 4.74 Å². The molecule has 1 aliphatic carbocycles. The molecule has 0 radical (unpaired) electrons. The molecule has 2 nitrogen and oxygen atoms in total. The number of benzene rings is 1. The fraction of sp³-hybridized carbons (Fsp3) is 0.538. The third-order valence-corrected chi connectivity index (χ3v) is 4.25. The molecule has 0 spiro atoms. The van der Waals surface area contributed by atoms with Gasteiger partial charge in [0.25, 0.3) is 0 Å². The first-order valence-corrected chi connectivity index (χ1v) is 7.70. The van der Waals surface area contributed by atoms with E-state index in [1.165, 1.54) is 6.07 Å². The maximum Gasteiger partial charge on any atom is 0.165 e. The summed E-state index contributed by atoms with van der Waals surface area (Å²) >= 11 is 6.84. The Labute approximate surface area is 123 Å². The van der Waals surface area contributed by atoms with E-state index in [1.807, 2.05) is 0 Å². The van der Waals surface area contributed by atoms with Crippen molar-refractivity contribution in [2.45, 2.75) is 36.8 Å². The van der Waals surface area contributed by atoms with Crippen molar-refractivity contribution in [3.8, 4) is 5.75 Å². The maximum absolute atomic E-state index is 13.6. The fourth-order valence-corrected chi connectivity index (χ4v) is 3.04. The van der Waals surface area contributed by atoms with Gasteiger partial charge in [-0.15, -0.1) is 0 Å². The second-order valence-electron chi connectivity index (χ2n) is 4.32. The molecule has 18 heavy (non-hydrogen) atoms. The average molecular weight is 382 g/mol. The van der Waals surface area contributed by atoms with Crippen LogP contribution in [0.25, 0.3) is 0 Å². The van der Waals surface area contributed by atoms with E-state index in [4.69, 9.17) is 9.47 Å². The van der Waals surface area contributed by atoms with Gasteiger partial charge in [0.15, 0.2) is 11.6 Å². The lowest BCUT2D eigenvalue weighted by Crippen LogP contribution is -2.52. The van der Waals surface area contributed by atoms with Crippen LogP contribution in [0, 0.1) is 5.82 Å². The molecule has 5 heteroatoms. The molecule has 0 saturated heterocycles. The molecule has 3 atom stereocenters. The topological polar surface area (TPSA) is 18.5 Å². The van der Waals surface area contributed by atoms with Gasteiger partial charge in [-0.25, -0.2) is 4.39 Å². The van der Waals surface area contributed by atoms with Crippen LogP contribution >= 0.6 is 31.9 Å². The summed E-state index contributed by atoms with van der Waals surface area (Å²) in [5, 5.41) is 0. The van der Waals surface area contributed by atoms with Crippen LogP contribution in [-0.2, 0) is 4.74 Å². The standard InChI is InChI=1S/C13H15Br2FO2/c1-2-5-17-13-9(15)7-12(13)18-11-6-8(14)3-4-10(11)16/h3-4,6,9,12-13H,2,5,7H2,1H3. The highest BCUT2D eigenvalue weighted by atomic mass is 79.9. The molecule has 100 valence electrons. The summed E-state index contributed by atoms with van der Waals surface area (Å²) in [7, 11) is 0. The maximum atomic E-state index is 13.6. The van der Waals surface area contributed by atoms with Crippen LogP contribution in [0.4, 0.5) is 4.39 Å². The van der Waals surface area contributed by atoms with Gasteiger partial charge in [-0.05, 0) is 24.6 Å². The molecular weight excluding hydrogens is 367 g/mol. The zero-order chi connectivity index (χ0) is 13.1. The highest BCUT2D eigenvalue weighted by Gasteiger charge is 2.42. The van der Waals surface area contributed by atoms with Gasteiger partial charge in [0.2, 0.25) is 0 Å². The Morgan fingerprint density at radius 1 is 1.44 bits per heavy atom. The number of halogens is 3. The van der Waals surface area contributed by atoms with Crippen LogP contribution in [0.15, 0.2) is 22.7 Å². The minimum atomic E-state index is -0.342. The van der Waals surface area contributed by atoms with Crippen LogP contribution in [0.1, 0.15) is 19.8 Å². The second kappa shape index (κ2) is 6.35. The lowest BCUT2D eigenvalue weighted by atomic mass is 9.91. The quantitative estimate of drug-likeness (QED) is 0.708. The first kappa shape index (κ1) is 14.3. The average Bonchev–Trinajstić information content (AvgIpc) is 2.33. The summed E-state index contributed by atoms with van der Waals surface area (Å²) in [6.07, 6.45) is 1.72. The van der Waals surface area contributed by atoms with Crippen molar-refractivity contribution >= 4 is 31.9 Å². The zero-order valence-corrected chi connectivity index (χ0v) is 13.2. The molecule has 3 unspecified atom stereocenters. The Morgan fingerprint density at radius 2 is 2.22 bits per heavy atom. The monoisotopic (exact) mass is 380 g/mol. The van der Waals surface area contributed by atoms with Crippen molar-refractivity contribution in [1.82, 2.24) is 0 Å². The second-order valence-corrected chi connectivity index (χ2v) is 6.41. The Morgan fingerprint density at radius 3 is 2.89 bits per heavy atom. The van der Waals surface area contributed by atoms with Crippen molar-refractivity contribution in [2.24, 2.45) is 0 Å². The van der Waals surface area contributed by atoms with E-state index in [0.717, 1.165) is 17.3 Å². The Balaban J connectivity index is 1.98. The molecule has 1 aromatic carbocycles. The van der Waals surface area contributed by atoms with Crippen molar-refractivity contribution in [1.29, 1.82) is 0 Å². The van der Waals surface area contributed by atoms with Gasteiger partial charge in [-0.2, -0.15) is 0 Å². The van der Waals surface area contributed by atoms with Gasteiger partial charge >= 0.3 is 0 Å². The molecule has 0 aliphatic heterocycles. The van der Waals surface area contributed by atoms with E-state index >= 15 is 0 Å². The molecule has 0 aromatic heterocycles. The summed E-state index contributed by atoms with van der Waals surface area (Å²) < 4.78 is 25.7. The van der Waals surface area contributed by atoms with E-state index in [-0.39, 0.29) is 23.8 Å². The van der Waals surface area contributed by atoms with E-state index in [9.17, 15) is 4.39 Å². The van der Waals surface area contributed by atoms with Gasteiger partial charge in [0, 0.05) is 22.3 Å². The first-order chi connectivity index (χ1) is 8.61. The molecule has 2 rings (SSSR count). The van der Waals surface area contributed by atoms with E-state index in [0.29, 0.717) is 11.4 Å². The van der Waals surface area contributed by atoms with E-state index in [1.54, 1.807) is 12.1 Å². The molecule has 0 bridgehead atoms. The summed E-state index contributed by atoms with van der Waals surface area (Å²) in [5.41, 5.74) is 0. The van der Waals surface area contributed by atoms with Gasteiger partial charge in [-0.3, -0.25) is 0 Å². The first-order valence-electron chi connectivity index (χ1n) is 5.99. The number of ether oxygens (including phenoxy) is 2. The highest BCUT2D eigenvalue weighted by Crippen LogP contribution is 2.35. The van der Waals surface area contributed by atoms with Gasteiger partial charge in [-0.1, -0.05) is 38.8 Å². The molecule has 1 fully saturated rings. The lowest BCUT2D eigenvalue weighted by Gasteiger charge is -2.40. The Hall–Kier alpha value is -0.130. The summed E-state index contributed by atoms with van der Waals surface area (Å²) in [6.45, 7) is 2.76. The van der Waals surface area contributed by atoms with Crippen LogP contribution in [0.2, 0.25) is 0 Å². The summed E-state index contributed by atoms with van der Waals surface area (Å²) in [6, 6.07) is 4.70. The van der Waals surface area contributed by atoms with E-state index < -0.39 is 0 Å². The molecule has 0 amide bonds. The fourth-order valence-electron chi connectivity index (χ4n) is 1.84. The normalized spacial score (nSPS) is 26.8. The van der Waals surface area contributed by atoms with Crippen LogP contribution in [0.3, 0.4) is 0 Å². The number of hydrogen-bond acceptors (Lipinski definition) is 2. The minimum Gasteiger partial charge on any atom is -0.485 e. The van der Waals surface area contributed by atoms with Crippen LogP contribution in [-0.4, -0.2) is 23.6 Å². The molecule has 0 N–H and O–H groups in total. The molecule has 1 aromatic rings. The van der Waals surface area contributed by atoms with Gasteiger partial charge < -0.3 is 9.47 Å². The van der Waals surface area contributed by atoms with Crippen molar-refractivity contribution in [3.63, 3.8) is 0 Å². The third kappa shape index (κ3) is 3.25. The van der Waals surface area contributed by atoms with Crippen LogP contribution in [0.5, 0.6) is 5.75 Å². The number of rotatable bonds is 5. The predicted octanol–water partition coefficient (Wildman–Crippen LogP) is 4.30. The van der Waals surface area contributed by atoms with Crippen molar-refractivity contribution in [2.75, 3.05) is 6.61 Å². The van der Waals surface area contributed by atoms with E-state index in [2.05, 4.69) is 38.8 Å².